The summed E-state index contributed by atoms with van der Waals surface area (Å²) in [6.07, 6.45) is -2.30. The van der Waals surface area contributed by atoms with Crippen molar-refractivity contribution in [1.82, 2.24) is 0 Å². The Balaban J connectivity index is 1.90. The summed E-state index contributed by atoms with van der Waals surface area (Å²) in [5.41, 5.74) is -0.241. The van der Waals surface area contributed by atoms with Crippen LogP contribution >= 0.6 is 0 Å². The number of halogens is 3. The van der Waals surface area contributed by atoms with Crippen LogP contribution in [-0.4, -0.2) is 24.1 Å². The molecule has 0 radical (unpaired) electrons. The molecule has 0 unspecified atom stereocenters. The van der Waals surface area contributed by atoms with E-state index < -0.39 is 41.5 Å². The van der Waals surface area contributed by atoms with Crippen LogP contribution in [0.15, 0.2) is 42.5 Å². The Labute approximate surface area is 147 Å². The number of anilines is 1. The minimum atomic E-state index is -1.24. The summed E-state index contributed by atoms with van der Waals surface area (Å²) in [6.45, 7) is 2.69. The fraction of sp³-hybridized carbons (Fsp3) is 0.222. The fourth-order valence-corrected chi connectivity index (χ4v) is 1.91. The van der Waals surface area contributed by atoms with Crippen molar-refractivity contribution >= 4 is 17.6 Å². The molecule has 26 heavy (non-hydrogen) atoms. The van der Waals surface area contributed by atoms with Crippen LogP contribution in [0.5, 0.6) is 5.75 Å². The van der Waals surface area contributed by atoms with Crippen molar-refractivity contribution in [3.05, 3.63) is 59.9 Å². The van der Waals surface area contributed by atoms with E-state index in [1.807, 2.05) is 0 Å². The molecular formula is C18H16F3NO4. The standard InChI is InChI=1S/C18H16F3NO4/c1-10(17(23)22-16-8-5-13(20)9-15(16)21)26-18(24)11(2)25-14-6-3-12(19)4-7-14/h3-11H,1-2H3,(H,22,23)/t10-,11-/m1/s1. The van der Waals surface area contributed by atoms with Gasteiger partial charge in [0.05, 0.1) is 5.69 Å². The first kappa shape index (κ1) is 19.3. The molecule has 0 aliphatic rings. The number of esters is 1. The maximum Gasteiger partial charge on any atom is 0.347 e. The number of nitrogens with one attached hydrogen (secondary N) is 1. The number of rotatable bonds is 6. The van der Waals surface area contributed by atoms with Crippen LogP contribution in [0, 0.1) is 17.5 Å². The molecule has 0 saturated heterocycles. The maximum absolute atomic E-state index is 13.5. The van der Waals surface area contributed by atoms with E-state index >= 15 is 0 Å². The van der Waals surface area contributed by atoms with Crippen molar-refractivity contribution < 1.29 is 32.2 Å². The van der Waals surface area contributed by atoms with Gasteiger partial charge in [-0.25, -0.2) is 18.0 Å². The Morgan fingerprint density at radius 1 is 0.923 bits per heavy atom. The van der Waals surface area contributed by atoms with E-state index in [0.717, 1.165) is 12.1 Å². The van der Waals surface area contributed by atoms with Crippen molar-refractivity contribution in [1.29, 1.82) is 0 Å². The second kappa shape index (κ2) is 8.37. The molecule has 1 amide bonds. The van der Waals surface area contributed by atoms with E-state index in [1.165, 1.54) is 38.1 Å². The van der Waals surface area contributed by atoms with Gasteiger partial charge in [-0.3, -0.25) is 4.79 Å². The first-order valence-corrected chi connectivity index (χ1v) is 7.65. The highest BCUT2D eigenvalue weighted by Crippen LogP contribution is 2.16. The van der Waals surface area contributed by atoms with Crippen LogP contribution in [-0.2, 0) is 14.3 Å². The molecule has 138 valence electrons. The summed E-state index contributed by atoms with van der Waals surface area (Å²) in [6, 6.07) is 7.66. The Hall–Kier alpha value is -3.03. The van der Waals surface area contributed by atoms with E-state index in [4.69, 9.17) is 9.47 Å². The molecule has 0 aliphatic heterocycles. The van der Waals surface area contributed by atoms with Crippen molar-refractivity contribution in [2.24, 2.45) is 0 Å². The SMILES string of the molecule is C[C@@H](OC(=O)[C@@H](C)Oc1ccc(F)cc1)C(=O)Nc1ccc(F)cc1F. The molecule has 2 atom stereocenters. The molecule has 2 rings (SSSR count). The number of benzene rings is 2. The van der Waals surface area contributed by atoms with Crippen LogP contribution < -0.4 is 10.1 Å². The molecule has 0 aromatic heterocycles. The van der Waals surface area contributed by atoms with Gasteiger partial charge in [0.25, 0.3) is 5.91 Å². The van der Waals surface area contributed by atoms with Crippen molar-refractivity contribution in [3.8, 4) is 5.75 Å². The largest absolute Gasteiger partial charge is 0.479 e. The molecule has 2 aromatic rings. The zero-order valence-corrected chi connectivity index (χ0v) is 14.0. The highest BCUT2D eigenvalue weighted by atomic mass is 19.1. The Morgan fingerprint density at radius 2 is 1.54 bits per heavy atom. The fourth-order valence-electron chi connectivity index (χ4n) is 1.91. The van der Waals surface area contributed by atoms with Gasteiger partial charge < -0.3 is 14.8 Å². The van der Waals surface area contributed by atoms with Crippen LogP contribution in [0.3, 0.4) is 0 Å². The average molecular weight is 367 g/mol. The van der Waals surface area contributed by atoms with E-state index in [9.17, 15) is 22.8 Å². The van der Waals surface area contributed by atoms with Crippen molar-refractivity contribution in [2.75, 3.05) is 5.32 Å². The summed E-state index contributed by atoms with van der Waals surface area (Å²) in [4.78, 5) is 23.9. The zero-order chi connectivity index (χ0) is 19.3. The lowest BCUT2D eigenvalue weighted by atomic mass is 10.2. The summed E-state index contributed by atoms with van der Waals surface area (Å²) < 4.78 is 49.5. The second-order valence-corrected chi connectivity index (χ2v) is 5.41. The van der Waals surface area contributed by atoms with E-state index in [-0.39, 0.29) is 11.4 Å². The molecule has 2 aromatic carbocycles. The first-order chi connectivity index (χ1) is 12.3. The Morgan fingerprint density at radius 3 is 2.15 bits per heavy atom. The predicted octanol–water partition coefficient (Wildman–Crippen LogP) is 3.44. The lowest BCUT2D eigenvalue weighted by Crippen LogP contribution is -2.35. The quantitative estimate of drug-likeness (QED) is 0.795. The smallest absolute Gasteiger partial charge is 0.347 e. The molecule has 0 bridgehead atoms. The van der Waals surface area contributed by atoms with E-state index in [0.29, 0.717) is 6.07 Å². The summed E-state index contributed by atoms with van der Waals surface area (Å²) in [5.74, 6) is -3.57. The second-order valence-electron chi connectivity index (χ2n) is 5.41. The summed E-state index contributed by atoms with van der Waals surface area (Å²) in [7, 11) is 0. The maximum atomic E-state index is 13.5. The lowest BCUT2D eigenvalue weighted by molar-refractivity contribution is -0.159. The summed E-state index contributed by atoms with van der Waals surface area (Å²) in [5, 5.41) is 2.20. The molecule has 8 heteroatoms. The Kier molecular flexibility index (Phi) is 6.21. The van der Waals surface area contributed by atoms with Gasteiger partial charge in [0, 0.05) is 6.07 Å². The third-order valence-corrected chi connectivity index (χ3v) is 3.31. The lowest BCUT2D eigenvalue weighted by Gasteiger charge is -2.18. The first-order valence-electron chi connectivity index (χ1n) is 7.65. The predicted molar refractivity (Wildman–Crippen MR) is 87.0 cm³/mol. The molecule has 0 heterocycles. The normalized spacial score (nSPS) is 12.8. The highest BCUT2D eigenvalue weighted by molar-refractivity contribution is 5.95. The number of ether oxygens (including phenoxy) is 2. The monoisotopic (exact) mass is 367 g/mol. The minimum absolute atomic E-state index is 0.241. The highest BCUT2D eigenvalue weighted by Gasteiger charge is 2.24. The molecule has 0 fully saturated rings. The minimum Gasteiger partial charge on any atom is -0.479 e. The van der Waals surface area contributed by atoms with Crippen LogP contribution in [0.2, 0.25) is 0 Å². The van der Waals surface area contributed by atoms with Crippen molar-refractivity contribution in [2.45, 2.75) is 26.1 Å². The molecule has 0 spiro atoms. The summed E-state index contributed by atoms with van der Waals surface area (Å²) >= 11 is 0. The van der Waals surface area contributed by atoms with Gasteiger partial charge in [0.2, 0.25) is 0 Å². The van der Waals surface area contributed by atoms with E-state index in [1.54, 1.807) is 0 Å². The van der Waals surface area contributed by atoms with Crippen molar-refractivity contribution in [3.63, 3.8) is 0 Å². The zero-order valence-electron chi connectivity index (χ0n) is 14.0. The van der Waals surface area contributed by atoms with Gasteiger partial charge in [-0.1, -0.05) is 0 Å². The molecule has 1 N–H and O–H groups in total. The van der Waals surface area contributed by atoms with Gasteiger partial charge in [0.1, 0.15) is 23.2 Å². The molecule has 0 saturated carbocycles. The van der Waals surface area contributed by atoms with Gasteiger partial charge in [-0.05, 0) is 50.2 Å². The molecule has 0 aliphatic carbocycles. The number of carbonyl (C=O) groups excluding carboxylic acids is 2. The van der Waals surface area contributed by atoms with Gasteiger partial charge in [-0.15, -0.1) is 0 Å². The van der Waals surface area contributed by atoms with Crippen LogP contribution in [0.25, 0.3) is 0 Å². The number of hydrogen-bond acceptors (Lipinski definition) is 4. The Bertz CT molecular complexity index is 796. The molecular weight excluding hydrogens is 351 g/mol. The number of hydrogen-bond donors (Lipinski definition) is 1. The molecule has 5 nitrogen and oxygen atoms in total. The third kappa shape index (κ3) is 5.23. The van der Waals surface area contributed by atoms with Crippen LogP contribution in [0.1, 0.15) is 13.8 Å². The van der Waals surface area contributed by atoms with E-state index in [2.05, 4.69) is 5.32 Å². The number of amides is 1. The number of carbonyl (C=O) groups is 2. The average Bonchev–Trinajstić information content (AvgIpc) is 2.59. The van der Waals surface area contributed by atoms with Gasteiger partial charge >= 0.3 is 5.97 Å². The topological polar surface area (TPSA) is 64.6 Å². The van der Waals surface area contributed by atoms with Crippen LogP contribution in [0.4, 0.5) is 18.9 Å². The van der Waals surface area contributed by atoms with Gasteiger partial charge in [0.15, 0.2) is 12.2 Å². The third-order valence-electron chi connectivity index (χ3n) is 3.31. The van der Waals surface area contributed by atoms with Gasteiger partial charge in [-0.2, -0.15) is 0 Å².